The molecule has 0 radical (unpaired) electrons. The van der Waals surface area contributed by atoms with Crippen molar-refractivity contribution < 1.29 is 22.7 Å². The van der Waals surface area contributed by atoms with E-state index in [4.69, 9.17) is 4.74 Å². The predicted molar refractivity (Wildman–Crippen MR) is 71.7 cm³/mol. The number of sulfone groups is 1. The SMILES string of the molecule is CCN1CCOC(CS(=O)(=O)CC(C)C(=O)OC)C1. The lowest BCUT2D eigenvalue weighted by Gasteiger charge is -2.31. The zero-order valence-corrected chi connectivity index (χ0v) is 12.6. The number of esters is 1. The first-order valence-electron chi connectivity index (χ1n) is 6.50. The van der Waals surface area contributed by atoms with Crippen molar-refractivity contribution in [2.45, 2.75) is 20.0 Å². The minimum absolute atomic E-state index is 0.0369. The van der Waals surface area contributed by atoms with E-state index < -0.39 is 21.7 Å². The molecule has 0 aromatic rings. The molecule has 2 atom stereocenters. The van der Waals surface area contributed by atoms with Gasteiger partial charge < -0.3 is 9.47 Å². The number of nitrogens with zero attached hydrogens (tertiary/aromatic N) is 1. The zero-order valence-electron chi connectivity index (χ0n) is 11.8. The molecule has 0 aliphatic carbocycles. The van der Waals surface area contributed by atoms with E-state index in [0.29, 0.717) is 13.2 Å². The molecular weight excluding hydrogens is 270 g/mol. The summed E-state index contributed by atoms with van der Waals surface area (Å²) in [7, 11) is -2.06. The van der Waals surface area contributed by atoms with Crippen molar-refractivity contribution in [3.63, 3.8) is 0 Å². The highest BCUT2D eigenvalue weighted by Gasteiger charge is 2.28. The Kier molecular flexibility index (Phi) is 6.22. The highest BCUT2D eigenvalue weighted by Crippen LogP contribution is 2.11. The number of ether oxygens (including phenoxy) is 2. The summed E-state index contributed by atoms with van der Waals surface area (Å²) < 4.78 is 34.1. The molecule has 1 heterocycles. The van der Waals surface area contributed by atoms with E-state index in [1.54, 1.807) is 6.92 Å². The Morgan fingerprint density at radius 1 is 1.53 bits per heavy atom. The molecule has 0 spiro atoms. The molecule has 0 aromatic carbocycles. The third kappa shape index (κ3) is 5.46. The Bertz CT molecular complexity index is 395. The van der Waals surface area contributed by atoms with E-state index in [2.05, 4.69) is 9.64 Å². The molecule has 0 saturated carbocycles. The third-order valence-electron chi connectivity index (χ3n) is 3.22. The topological polar surface area (TPSA) is 72.9 Å². The second kappa shape index (κ2) is 7.21. The third-order valence-corrected chi connectivity index (χ3v) is 5.10. The van der Waals surface area contributed by atoms with Crippen molar-refractivity contribution in [2.24, 2.45) is 5.92 Å². The summed E-state index contributed by atoms with van der Waals surface area (Å²) in [4.78, 5) is 13.4. The van der Waals surface area contributed by atoms with Gasteiger partial charge in [-0.3, -0.25) is 9.69 Å². The van der Waals surface area contributed by atoms with Crippen molar-refractivity contribution in [2.75, 3.05) is 44.9 Å². The Hall–Kier alpha value is -0.660. The summed E-state index contributed by atoms with van der Waals surface area (Å²) in [6.07, 6.45) is -0.302. The second-order valence-corrected chi connectivity index (χ2v) is 7.04. The molecule has 0 N–H and O–H groups in total. The van der Waals surface area contributed by atoms with Gasteiger partial charge in [0.2, 0.25) is 0 Å². The number of hydrogen-bond acceptors (Lipinski definition) is 6. The van der Waals surface area contributed by atoms with Crippen molar-refractivity contribution >= 4 is 15.8 Å². The fourth-order valence-corrected chi connectivity index (χ4v) is 3.97. The average Bonchev–Trinajstić information content (AvgIpc) is 2.36. The number of likely N-dealkylation sites (N-methyl/N-ethyl adjacent to an activating group) is 1. The number of morpholine rings is 1. The normalized spacial score (nSPS) is 23.0. The van der Waals surface area contributed by atoms with Gasteiger partial charge in [0.15, 0.2) is 9.84 Å². The summed E-state index contributed by atoms with van der Waals surface area (Å²) in [6, 6.07) is 0. The summed E-state index contributed by atoms with van der Waals surface area (Å²) in [5, 5.41) is 0. The summed E-state index contributed by atoms with van der Waals surface area (Å²) in [5.41, 5.74) is 0. The summed E-state index contributed by atoms with van der Waals surface area (Å²) >= 11 is 0. The lowest BCUT2D eigenvalue weighted by molar-refractivity contribution is -0.144. The molecule has 1 rings (SSSR count). The Balaban J connectivity index is 2.52. The first-order chi connectivity index (χ1) is 8.88. The maximum absolute atomic E-state index is 12.0. The molecule has 0 aromatic heterocycles. The molecule has 1 fully saturated rings. The van der Waals surface area contributed by atoms with Crippen LogP contribution in [0.2, 0.25) is 0 Å². The molecule has 19 heavy (non-hydrogen) atoms. The number of rotatable bonds is 6. The van der Waals surface area contributed by atoms with Gasteiger partial charge in [-0.15, -0.1) is 0 Å². The van der Waals surface area contributed by atoms with Crippen LogP contribution in [0.3, 0.4) is 0 Å². The van der Waals surface area contributed by atoms with Gasteiger partial charge in [0.05, 0.1) is 37.2 Å². The lowest BCUT2D eigenvalue weighted by Crippen LogP contribution is -2.45. The molecule has 1 saturated heterocycles. The largest absolute Gasteiger partial charge is 0.469 e. The van der Waals surface area contributed by atoms with E-state index in [0.717, 1.165) is 13.1 Å². The van der Waals surface area contributed by atoms with Gasteiger partial charge in [0.25, 0.3) is 0 Å². The first-order valence-corrected chi connectivity index (χ1v) is 8.32. The minimum atomic E-state index is -3.32. The first kappa shape index (κ1) is 16.4. The van der Waals surface area contributed by atoms with E-state index in [1.807, 2.05) is 6.92 Å². The number of methoxy groups -OCH3 is 1. The van der Waals surface area contributed by atoms with Crippen LogP contribution in [-0.2, 0) is 24.1 Å². The molecule has 0 amide bonds. The van der Waals surface area contributed by atoms with Crippen molar-refractivity contribution in [3.05, 3.63) is 0 Å². The van der Waals surface area contributed by atoms with Crippen LogP contribution in [0, 0.1) is 5.92 Å². The van der Waals surface area contributed by atoms with Gasteiger partial charge in [-0.1, -0.05) is 13.8 Å². The lowest BCUT2D eigenvalue weighted by atomic mass is 10.2. The van der Waals surface area contributed by atoms with E-state index in [-0.39, 0.29) is 17.6 Å². The number of carbonyl (C=O) groups is 1. The number of hydrogen-bond donors (Lipinski definition) is 0. The van der Waals surface area contributed by atoms with Crippen LogP contribution in [0.5, 0.6) is 0 Å². The summed E-state index contributed by atoms with van der Waals surface area (Å²) in [6.45, 7) is 6.51. The van der Waals surface area contributed by atoms with Crippen LogP contribution in [0.25, 0.3) is 0 Å². The van der Waals surface area contributed by atoms with Crippen LogP contribution in [0.15, 0.2) is 0 Å². The van der Waals surface area contributed by atoms with E-state index in [9.17, 15) is 13.2 Å². The quantitative estimate of drug-likeness (QED) is 0.638. The molecule has 0 bridgehead atoms. The van der Waals surface area contributed by atoms with Crippen molar-refractivity contribution in [3.8, 4) is 0 Å². The van der Waals surface area contributed by atoms with Crippen molar-refractivity contribution in [1.82, 2.24) is 4.90 Å². The van der Waals surface area contributed by atoms with Gasteiger partial charge in [0.1, 0.15) is 0 Å². The zero-order chi connectivity index (χ0) is 14.5. The fourth-order valence-electron chi connectivity index (χ4n) is 2.17. The van der Waals surface area contributed by atoms with Crippen LogP contribution >= 0.6 is 0 Å². The standard InChI is InChI=1S/C12H23NO5S/c1-4-13-5-6-18-11(7-13)9-19(15,16)8-10(2)12(14)17-3/h10-11H,4-9H2,1-3H3. The van der Waals surface area contributed by atoms with Crippen LogP contribution in [0.4, 0.5) is 0 Å². The van der Waals surface area contributed by atoms with Gasteiger partial charge in [0, 0.05) is 13.1 Å². The Morgan fingerprint density at radius 3 is 2.79 bits per heavy atom. The monoisotopic (exact) mass is 293 g/mol. The van der Waals surface area contributed by atoms with E-state index >= 15 is 0 Å². The van der Waals surface area contributed by atoms with Gasteiger partial charge in [-0.2, -0.15) is 0 Å². The maximum atomic E-state index is 12.0. The fraction of sp³-hybridized carbons (Fsp3) is 0.917. The average molecular weight is 293 g/mol. The van der Waals surface area contributed by atoms with Crippen molar-refractivity contribution in [1.29, 1.82) is 0 Å². The van der Waals surface area contributed by atoms with Gasteiger partial charge in [-0.25, -0.2) is 8.42 Å². The highest BCUT2D eigenvalue weighted by molar-refractivity contribution is 7.91. The Labute approximate surface area is 115 Å². The molecular formula is C12H23NO5S. The molecule has 6 nitrogen and oxygen atoms in total. The number of carbonyl (C=O) groups excluding carboxylic acids is 1. The predicted octanol–water partition coefficient (Wildman–Crippen LogP) is -0.0690. The minimum Gasteiger partial charge on any atom is -0.469 e. The summed E-state index contributed by atoms with van der Waals surface area (Å²) in [5.74, 6) is -1.36. The molecule has 2 unspecified atom stereocenters. The van der Waals surface area contributed by atoms with E-state index in [1.165, 1.54) is 7.11 Å². The van der Waals surface area contributed by atoms with Crippen LogP contribution in [0.1, 0.15) is 13.8 Å². The molecule has 1 aliphatic heterocycles. The highest BCUT2D eigenvalue weighted by atomic mass is 32.2. The molecule has 7 heteroatoms. The second-order valence-electron chi connectivity index (χ2n) is 4.89. The van der Waals surface area contributed by atoms with Gasteiger partial charge >= 0.3 is 5.97 Å². The Morgan fingerprint density at radius 2 is 2.21 bits per heavy atom. The van der Waals surface area contributed by atoms with Crippen LogP contribution < -0.4 is 0 Å². The van der Waals surface area contributed by atoms with Crippen LogP contribution in [-0.4, -0.2) is 70.2 Å². The molecule has 112 valence electrons. The molecule has 1 aliphatic rings. The van der Waals surface area contributed by atoms with Gasteiger partial charge in [-0.05, 0) is 6.54 Å². The smallest absolute Gasteiger partial charge is 0.309 e. The maximum Gasteiger partial charge on any atom is 0.309 e.